The number of rotatable bonds is 3. The molecule has 8 heteroatoms. The van der Waals surface area contributed by atoms with Crippen LogP contribution in [0.15, 0.2) is 24.3 Å². The molecule has 0 aliphatic rings. The number of amides is 2. The second kappa shape index (κ2) is 7.08. The third kappa shape index (κ3) is 5.34. The van der Waals surface area contributed by atoms with Gasteiger partial charge in [0, 0.05) is 35.2 Å². The fourth-order valence-electron chi connectivity index (χ4n) is 0.937. The van der Waals surface area contributed by atoms with Gasteiger partial charge in [0.1, 0.15) is 5.82 Å². The second-order valence-electron chi connectivity index (χ2n) is 3.66. The van der Waals surface area contributed by atoms with Crippen LogP contribution in [-0.2, 0) is 10.0 Å². The average Bonchev–Trinajstić information content (AvgIpc) is 2.20. The zero-order valence-electron chi connectivity index (χ0n) is 10.4. The normalized spacial score (nSPS) is 10.7. The number of hydrogen-bond donors (Lipinski definition) is 2. The molecule has 1 rings (SSSR count). The molecule has 2 N–H and O–H groups in total. The van der Waals surface area contributed by atoms with Gasteiger partial charge < -0.3 is 5.32 Å². The SMILES string of the molecule is CC(C)S(=O)(=O)NC(=O)Nc1ccc(F)cc1.[Na]. The number of halogens is 1. The number of benzene rings is 1. The molecule has 1 radical (unpaired) electrons. The molecular formula is C10H13FN2NaO3S. The van der Waals surface area contributed by atoms with E-state index in [9.17, 15) is 17.6 Å². The van der Waals surface area contributed by atoms with Crippen LogP contribution in [0.2, 0.25) is 0 Å². The monoisotopic (exact) mass is 283 g/mol. The summed E-state index contributed by atoms with van der Waals surface area (Å²) >= 11 is 0. The van der Waals surface area contributed by atoms with Gasteiger partial charge in [-0.1, -0.05) is 0 Å². The van der Waals surface area contributed by atoms with Crippen LogP contribution in [0.1, 0.15) is 13.8 Å². The molecule has 0 unspecified atom stereocenters. The van der Waals surface area contributed by atoms with E-state index in [2.05, 4.69) is 5.32 Å². The van der Waals surface area contributed by atoms with Crippen molar-refractivity contribution in [2.24, 2.45) is 0 Å². The summed E-state index contributed by atoms with van der Waals surface area (Å²) in [6.07, 6.45) is 0. The van der Waals surface area contributed by atoms with E-state index >= 15 is 0 Å². The maximum atomic E-state index is 12.6. The summed E-state index contributed by atoms with van der Waals surface area (Å²) in [6, 6.07) is 4.11. The molecule has 0 fully saturated rings. The van der Waals surface area contributed by atoms with Crippen LogP contribution in [-0.4, -0.2) is 49.3 Å². The smallest absolute Gasteiger partial charge is 0.307 e. The van der Waals surface area contributed by atoms with Crippen molar-refractivity contribution < 1.29 is 17.6 Å². The van der Waals surface area contributed by atoms with Gasteiger partial charge in [-0.3, -0.25) is 0 Å². The minimum atomic E-state index is -3.66. The van der Waals surface area contributed by atoms with E-state index in [4.69, 9.17) is 0 Å². The van der Waals surface area contributed by atoms with Crippen LogP contribution in [0.4, 0.5) is 14.9 Å². The quantitative estimate of drug-likeness (QED) is 0.821. The summed E-state index contributed by atoms with van der Waals surface area (Å²) in [7, 11) is -3.66. The summed E-state index contributed by atoms with van der Waals surface area (Å²) in [5, 5.41) is 1.58. The molecule has 0 saturated carbocycles. The summed E-state index contributed by atoms with van der Waals surface area (Å²) in [5.74, 6) is -0.439. The molecule has 0 saturated heterocycles. The summed E-state index contributed by atoms with van der Waals surface area (Å²) in [6.45, 7) is 2.90. The summed E-state index contributed by atoms with van der Waals surface area (Å²) < 4.78 is 37.1. The zero-order valence-corrected chi connectivity index (χ0v) is 13.2. The number of anilines is 1. The predicted octanol–water partition coefficient (Wildman–Crippen LogP) is 1.30. The van der Waals surface area contributed by atoms with Crippen molar-refractivity contribution in [3.05, 3.63) is 30.1 Å². The van der Waals surface area contributed by atoms with Crippen LogP contribution in [0.5, 0.6) is 0 Å². The first-order valence-electron chi connectivity index (χ1n) is 4.89. The zero-order chi connectivity index (χ0) is 13.1. The molecular weight excluding hydrogens is 270 g/mol. The molecule has 0 aliphatic carbocycles. The van der Waals surface area contributed by atoms with Crippen molar-refractivity contribution in [3.63, 3.8) is 0 Å². The Bertz CT molecular complexity index is 502. The van der Waals surface area contributed by atoms with Gasteiger partial charge in [0.2, 0.25) is 10.0 Å². The number of urea groups is 1. The Kier molecular flexibility index (Phi) is 6.83. The number of hydrogen-bond acceptors (Lipinski definition) is 3. The summed E-state index contributed by atoms with van der Waals surface area (Å²) in [5.41, 5.74) is 0.308. The average molecular weight is 283 g/mol. The van der Waals surface area contributed by atoms with E-state index in [0.717, 1.165) is 12.1 Å². The standard InChI is InChI=1S/C10H13FN2O3S.Na/c1-7(2)17(15,16)13-10(14)12-9-5-3-8(11)4-6-9;/h3-7H,1-2H3,(H2,12,13,14);. The van der Waals surface area contributed by atoms with Gasteiger partial charge in [0.15, 0.2) is 0 Å². The fourth-order valence-corrected chi connectivity index (χ4v) is 1.48. The third-order valence-corrected chi connectivity index (χ3v) is 3.67. The maximum absolute atomic E-state index is 12.6. The Morgan fingerprint density at radius 3 is 2.17 bits per heavy atom. The predicted molar refractivity (Wildman–Crippen MR) is 68.4 cm³/mol. The van der Waals surface area contributed by atoms with Crippen molar-refractivity contribution >= 4 is 51.3 Å². The van der Waals surface area contributed by atoms with Crippen LogP contribution in [0.25, 0.3) is 0 Å². The van der Waals surface area contributed by atoms with Crippen LogP contribution < -0.4 is 10.0 Å². The first kappa shape index (κ1) is 17.4. The maximum Gasteiger partial charge on any atom is 0.332 e. The Morgan fingerprint density at radius 1 is 1.22 bits per heavy atom. The van der Waals surface area contributed by atoms with Crippen molar-refractivity contribution in [2.45, 2.75) is 19.1 Å². The molecule has 2 amide bonds. The van der Waals surface area contributed by atoms with E-state index in [-0.39, 0.29) is 29.6 Å². The number of carbonyl (C=O) groups is 1. The molecule has 1 aromatic carbocycles. The van der Waals surface area contributed by atoms with Crippen molar-refractivity contribution in [1.29, 1.82) is 0 Å². The molecule has 0 heterocycles. The molecule has 0 bridgehead atoms. The summed E-state index contributed by atoms with van der Waals surface area (Å²) in [4.78, 5) is 11.3. The van der Waals surface area contributed by atoms with Crippen molar-refractivity contribution in [2.75, 3.05) is 5.32 Å². The first-order chi connectivity index (χ1) is 7.81. The van der Waals surface area contributed by atoms with Crippen LogP contribution in [0.3, 0.4) is 0 Å². The third-order valence-electron chi connectivity index (χ3n) is 1.96. The Balaban J connectivity index is 0.00000289. The molecule has 5 nitrogen and oxygen atoms in total. The number of carbonyl (C=O) groups excluding carboxylic acids is 1. The Hall–Kier alpha value is -0.630. The van der Waals surface area contributed by atoms with Gasteiger partial charge in [-0.2, -0.15) is 0 Å². The molecule has 0 atom stereocenters. The molecule has 0 aromatic heterocycles. The Morgan fingerprint density at radius 2 is 1.72 bits per heavy atom. The number of sulfonamides is 1. The van der Waals surface area contributed by atoms with Crippen molar-refractivity contribution in [3.8, 4) is 0 Å². The van der Waals surface area contributed by atoms with Gasteiger partial charge in [-0.15, -0.1) is 0 Å². The van der Waals surface area contributed by atoms with Gasteiger partial charge >= 0.3 is 6.03 Å². The Labute approximate surface area is 127 Å². The largest absolute Gasteiger partial charge is 0.332 e. The van der Waals surface area contributed by atoms with Gasteiger partial charge in [-0.25, -0.2) is 22.3 Å². The van der Waals surface area contributed by atoms with Crippen LogP contribution >= 0.6 is 0 Å². The van der Waals surface area contributed by atoms with E-state index in [1.807, 2.05) is 4.72 Å². The molecule has 1 aromatic rings. The minimum absolute atomic E-state index is 0. The fraction of sp³-hybridized carbons (Fsp3) is 0.300. The minimum Gasteiger partial charge on any atom is -0.307 e. The van der Waals surface area contributed by atoms with Gasteiger partial charge in [0.25, 0.3) is 0 Å². The van der Waals surface area contributed by atoms with E-state index < -0.39 is 27.1 Å². The van der Waals surface area contributed by atoms with Gasteiger partial charge in [-0.05, 0) is 38.1 Å². The second-order valence-corrected chi connectivity index (χ2v) is 5.89. The van der Waals surface area contributed by atoms with Crippen molar-refractivity contribution in [1.82, 2.24) is 4.72 Å². The molecule has 0 aliphatic heterocycles. The molecule has 0 spiro atoms. The first-order valence-corrected chi connectivity index (χ1v) is 6.44. The topological polar surface area (TPSA) is 75.3 Å². The van der Waals surface area contributed by atoms with Gasteiger partial charge in [0.05, 0.1) is 5.25 Å². The van der Waals surface area contributed by atoms with Crippen LogP contribution in [0, 0.1) is 5.82 Å². The van der Waals surface area contributed by atoms with E-state index in [1.165, 1.54) is 26.0 Å². The van der Waals surface area contributed by atoms with E-state index in [0.29, 0.717) is 5.69 Å². The number of nitrogens with one attached hydrogen (secondary N) is 2. The van der Waals surface area contributed by atoms with E-state index in [1.54, 1.807) is 0 Å². The molecule has 18 heavy (non-hydrogen) atoms. The molecule has 95 valence electrons.